The third kappa shape index (κ3) is 3.91. The molecule has 1 fully saturated rings. The molecule has 1 aromatic carbocycles. The fourth-order valence-electron chi connectivity index (χ4n) is 5.75. The Labute approximate surface area is 215 Å². The minimum atomic E-state index is 0.151. The molecule has 0 bridgehead atoms. The number of nitrogens with one attached hydrogen (secondary N) is 2. The van der Waals surface area contributed by atoms with Crippen molar-refractivity contribution in [1.82, 2.24) is 34.4 Å². The largest absolute Gasteiger partial charge is 0.372 e. The van der Waals surface area contributed by atoms with Gasteiger partial charge >= 0.3 is 6.03 Å². The van der Waals surface area contributed by atoms with Crippen molar-refractivity contribution in [3.05, 3.63) is 66.3 Å². The number of carbonyl (C=O) groups is 1. The fraction of sp³-hybridized carbons (Fsp3) is 0.321. The predicted molar refractivity (Wildman–Crippen MR) is 145 cm³/mol. The summed E-state index contributed by atoms with van der Waals surface area (Å²) in [5.74, 6) is 0. The monoisotopic (exact) mass is 494 g/mol. The van der Waals surface area contributed by atoms with Crippen molar-refractivity contribution in [3.8, 4) is 0 Å². The maximum atomic E-state index is 13.2. The number of piperazine rings is 1. The van der Waals surface area contributed by atoms with Gasteiger partial charge in [-0.3, -0.25) is 4.68 Å². The fourth-order valence-corrected chi connectivity index (χ4v) is 5.75. The summed E-state index contributed by atoms with van der Waals surface area (Å²) in [6.45, 7) is 4.95. The molecule has 0 unspecified atom stereocenters. The van der Waals surface area contributed by atoms with Gasteiger partial charge in [-0.2, -0.15) is 5.10 Å². The molecule has 1 saturated heterocycles. The molecule has 0 atom stereocenters. The van der Waals surface area contributed by atoms with Crippen molar-refractivity contribution in [1.29, 1.82) is 0 Å². The van der Waals surface area contributed by atoms with Gasteiger partial charge in [0.25, 0.3) is 0 Å². The number of urea groups is 1. The van der Waals surface area contributed by atoms with Crippen molar-refractivity contribution in [3.63, 3.8) is 0 Å². The standard InChI is InChI=1S/C28H30N8O/c1-33-26-5-4-21(15-20(26)17-30-33)31-24-6-9-29-27-23(24)16-25(32-27)19-7-11-35(12-8-19)28(37)36-14-13-34-10-2-3-22(34)18-36/h3-7,9,15-17H,2,8,10-14,18H2,1H3,(H2,29,31,32). The Morgan fingerprint density at radius 2 is 2.00 bits per heavy atom. The van der Waals surface area contributed by atoms with Gasteiger partial charge in [0.15, 0.2) is 0 Å². The Morgan fingerprint density at radius 3 is 2.89 bits per heavy atom. The smallest absolute Gasteiger partial charge is 0.320 e. The van der Waals surface area contributed by atoms with Gasteiger partial charge in [-0.15, -0.1) is 0 Å². The summed E-state index contributed by atoms with van der Waals surface area (Å²) in [6, 6.07) is 10.6. The SMILES string of the molecule is Cn1ncc2cc(Nc3ccnc4[nH]c(C5=CCN(C(=O)N6CCN7CCC=C7C6)CC5)cc34)ccc21. The zero-order valence-corrected chi connectivity index (χ0v) is 20.9. The average molecular weight is 495 g/mol. The molecular formula is C28H30N8O. The quantitative estimate of drug-likeness (QED) is 0.443. The first-order chi connectivity index (χ1) is 18.1. The van der Waals surface area contributed by atoms with Crippen LogP contribution in [-0.2, 0) is 7.05 Å². The zero-order valence-electron chi connectivity index (χ0n) is 20.9. The second kappa shape index (κ2) is 8.69. The second-order valence-corrected chi connectivity index (χ2v) is 10.1. The van der Waals surface area contributed by atoms with Gasteiger partial charge in [-0.25, -0.2) is 9.78 Å². The van der Waals surface area contributed by atoms with Crippen molar-refractivity contribution in [2.45, 2.75) is 12.8 Å². The predicted octanol–water partition coefficient (Wildman–Crippen LogP) is 4.31. The molecule has 0 aliphatic carbocycles. The molecule has 2 amide bonds. The van der Waals surface area contributed by atoms with E-state index in [0.717, 1.165) is 84.6 Å². The summed E-state index contributed by atoms with van der Waals surface area (Å²) in [5.41, 5.74) is 7.57. The number of rotatable bonds is 3. The first kappa shape index (κ1) is 22.0. The number of aromatic amines is 1. The zero-order chi connectivity index (χ0) is 24.9. The number of anilines is 2. The molecule has 4 aromatic rings. The molecule has 37 heavy (non-hydrogen) atoms. The topological polar surface area (TPSA) is 85.3 Å². The van der Waals surface area contributed by atoms with Gasteiger partial charge in [0.1, 0.15) is 5.65 Å². The van der Waals surface area contributed by atoms with Gasteiger partial charge in [-0.1, -0.05) is 12.2 Å². The first-order valence-corrected chi connectivity index (χ1v) is 13.0. The lowest BCUT2D eigenvalue weighted by molar-refractivity contribution is 0.139. The molecule has 3 aromatic heterocycles. The van der Waals surface area contributed by atoms with E-state index < -0.39 is 0 Å². The Morgan fingerprint density at radius 1 is 1.05 bits per heavy atom. The summed E-state index contributed by atoms with van der Waals surface area (Å²) in [6.07, 6.45) is 10.1. The van der Waals surface area contributed by atoms with Crippen LogP contribution in [-0.4, -0.2) is 79.7 Å². The minimum Gasteiger partial charge on any atom is -0.372 e. The number of aryl methyl sites for hydroxylation is 1. The molecule has 3 aliphatic heterocycles. The number of H-pyrrole nitrogens is 1. The van der Waals surface area contributed by atoms with Crippen LogP contribution in [0, 0.1) is 0 Å². The van der Waals surface area contributed by atoms with Gasteiger partial charge in [0, 0.05) is 73.8 Å². The molecule has 9 nitrogen and oxygen atoms in total. The molecule has 3 aliphatic rings. The lowest BCUT2D eigenvalue weighted by atomic mass is 10.0. The number of hydrogen-bond donors (Lipinski definition) is 2. The number of pyridine rings is 1. The van der Waals surface area contributed by atoms with E-state index in [2.05, 4.69) is 61.7 Å². The number of carbonyl (C=O) groups excluding carboxylic acids is 1. The van der Waals surface area contributed by atoms with Gasteiger partial charge in [0.05, 0.1) is 23.9 Å². The van der Waals surface area contributed by atoms with E-state index in [1.807, 2.05) is 40.0 Å². The lowest BCUT2D eigenvalue weighted by Crippen LogP contribution is -2.51. The van der Waals surface area contributed by atoms with E-state index in [0.29, 0.717) is 6.54 Å². The molecular weight excluding hydrogens is 464 g/mol. The first-order valence-electron chi connectivity index (χ1n) is 13.0. The number of hydrogen-bond acceptors (Lipinski definition) is 5. The molecule has 0 saturated carbocycles. The number of aromatic nitrogens is 4. The number of amides is 2. The highest BCUT2D eigenvalue weighted by Gasteiger charge is 2.30. The normalized spacial score (nSPS) is 17.8. The Balaban J connectivity index is 1.08. The summed E-state index contributed by atoms with van der Waals surface area (Å²) in [7, 11) is 1.95. The molecule has 6 heterocycles. The van der Waals surface area contributed by atoms with Crippen molar-refractivity contribution >= 4 is 44.9 Å². The molecule has 0 radical (unpaired) electrons. The summed E-state index contributed by atoms with van der Waals surface area (Å²) in [4.78, 5) is 27.6. The maximum Gasteiger partial charge on any atom is 0.320 e. The Hall–Kier alpha value is -4.27. The number of benzene rings is 1. The van der Waals surface area contributed by atoms with Gasteiger partial charge in [-0.05, 0) is 48.7 Å². The third-order valence-corrected chi connectivity index (χ3v) is 7.83. The van der Waals surface area contributed by atoms with Crippen LogP contribution < -0.4 is 5.32 Å². The van der Waals surface area contributed by atoms with Crippen LogP contribution in [0.2, 0.25) is 0 Å². The minimum absolute atomic E-state index is 0.151. The summed E-state index contributed by atoms with van der Waals surface area (Å²) < 4.78 is 1.88. The van der Waals surface area contributed by atoms with Crippen LogP contribution in [0.4, 0.5) is 16.2 Å². The van der Waals surface area contributed by atoms with Crippen molar-refractivity contribution in [2.75, 3.05) is 44.6 Å². The molecule has 9 heteroatoms. The van der Waals surface area contributed by atoms with E-state index in [4.69, 9.17) is 0 Å². The highest BCUT2D eigenvalue weighted by Crippen LogP contribution is 2.31. The molecule has 0 spiro atoms. The molecule has 7 rings (SSSR count). The van der Waals surface area contributed by atoms with E-state index in [1.54, 1.807) is 0 Å². The van der Waals surface area contributed by atoms with Crippen molar-refractivity contribution in [2.24, 2.45) is 7.05 Å². The number of nitrogens with zero attached hydrogens (tertiary/aromatic N) is 6. The van der Waals surface area contributed by atoms with Crippen molar-refractivity contribution < 1.29 is 4.79 Å². The van der Waals surface area contributed by atoms with E-state index in [1.165, 1.54) is 11.3 Å². The highest BCUT2D eigenvalue weighted by atomic mass is 16.2. The van der Waals surface area contributed by atoms with Crippen LogP contribution in [0.25, 0.3) is 27.5 Å². The van der Waals surface area contributed by atoms with Gasteiger partial charge < -0.3 is 25.0 Å². The van der Waals surface area contributed by atoms with Crippen LogP contribution in [0.3, 0.4) is 0 Å². The van der Waals surface area contributed by atoms with Crippen LogP contribution in [0.5, 0.6) is 0 Å². The molecule has 188 valence electrons. The van der Waals surface area contributed by atoms with E-state index >= 15 is 0 Å². The lowest BCUT2D eigenvalue weighted by Gasteiger charge is -2.38. The molecule has 2 N–H and O–H groups in total. The Kier molecular flexibility index (Phi) is 5.16. The third-order valence-electron chi connectivity index (χ3n) is 7.83. The van der Waals surface area contributed by atoms with Gasteiger partial charge in [0.2, 0.25) is 0 Å². The van der Waals surface area contributed by atoms with Crippen LogP contribution in [0.1, 0.15) is 18.5 Å². The number of fused-ring (bicyclic) bond motifs is 3. The highest BCUT2D eigenvalue weighted by molar-refractivity contribution is 5.95. The summed E-state index contributed by atoms with van der Waals surface area (Å²) >= 11 is 0. The van der Waals surface area contributed by atoms with Crippen LogP contribution >= 0.6 is 0 Å². The van der Waals surface area contributed by atoms with Crippen LogP contribution in [0.15, 0.2) is 60.6 Å². The Bertz CT molecular complexity index is 1580. The second-order valence-electron chi connectivity index (χ2n) is 10.1. The summed E-state index contributed by atoms with van der Waals surface area (Å²) in [5, 5.41) is 10.0. The average Bonchev–Trinajstić information content (AvgIpc) is 3.67. The van der Waals surface area contributed by atoms with E-state index in [-0.39, 0.29) is 6.03 Å². The van der Waals surface area contributed by atoms with E-state index in [9.17, 15) is 4.79 Å². The maximum absolute atomic E-state index is 13.2.